The number of hydrazine groups is 1. The van der Waals surface area contributed by atoms with Crippen molar-refractivity contribution in [3.63, 3.8) is 0 Å². The summed E-state index contributed by atoms with van der Waals surface area (Å²) in [5.41, 5.74) is 4.71. The summed E-state index contributed by atoms with van der Waals surface area (Å²) in [5, 5.41) is 8.21. The molecule has 1 amide bonds. The van der Waals surface area contributed by atoms with Crippen molar-refractivity contribution >= 4 is 5.91 Å². The second-order valence-corrected chi connectivity index (χ2v) is 6.05. The van der Waals surface area contributed by atoms with Gasteiger partial charge in [0, 0.05) is 5.56 Å². The van der Waals surface area contributed by atoms with Crippen molar-refractivity contribution in [1.82, 2.24) is 20.6 Å². The summed E-state index contributed by atoms with van der Waals surface area (Å²) in [4.78, 5) is 16.4. The Labute approximate surface area is 167 Å². The highest BCUT2D eigenvalue weighted by Crippen LogP contribution is 2.41. The van der Waals surface area contributed by atoms with Gasteiger partial charge in [0.2, 0.25) is 17.5 Å². The number of ether oxygens (including phenoxy) is 3. The molecule has 29 heavy (non-hydrogen) atoms. The van der Waals surface area contributed by atoms with E-state index in [1.165, 1.54) is 21.3 Å². The first-order chi connectivity index (χ1) is 13.9. The summed E-state index contributed by atoms with van der Waals surface area (Å²) in [6.45, 7) is 3.51. The number of aromatic nitrogens is 3. The number of pyridine rings is 1. The van der Waals surface area contributed by atoms with E-state index in [0.29, 0.717) is 45.3 Å². The second kappa shape index (κ2) is 8.15. The predicted octanol–water partition coefficient (Wildman–Crippen LogP) is 2.04. The van der Waals surface area contributed by atoms with Crippen LogP contribution in [0.3, 0.4) is 0 Å². The van der Waals surface area contributed by atoms with Crippen LogP contribution >= 0.6 is 0 Å². The van der Waals surface area contributed by atoms with E-state index < -0.39 is 5.91 Å². The molecule has 0 radical (unpaired) electrons. The summed E-state index contributed by atoms with van der Waals surface area (Å²) in [7, 11) is 4.56. The SMILES string of the molecule is COc1cc(-c2nnc(-c3cc(C(=O)NN)c(C)nc3C)o2)cc(OC)c1OC. The van der Waals surface area contributed by atoms with E-state index in [2.05, 4.69) is 20.6 Å². The number of carbonyl (C=O) groups excluding carboxylic acids is 1. The van der Waals surface area contributed by atoms with Crippen molar-refractivity contribution in [2.24, 2.45) is 5.84 Å². The molecular weight excluding hydrogens is 378 g/mol. The second-order valence-electron chi connectivity index (χ2n) is 6.05. The molecule has 0 saturated carbocycles. The molecule has 0 fully saturated rings. The molecule has 0 saturated heterocycles. The summed E-state index contributed by atoms with van der Waals surface area (Å²) in [6, 6.07) is 5.02. The smallest absolute Gasteiger partial charge is 0.267 e. The van der Waals surface area contributed by atoms with Crippen LogP contribution < -0.4 is 25.5 Å². The molecule has 2 heterocycles. The van der Waals surface area contributed by atoms with Crippen LogP contribution in [-0.4, -0.2) is 42.4 Å². The van der Waals surface area contributed by atoms with Gasteiger partial charge in [-0.2, -0.15) is 0 Å². The Balaban J connectivity index is 2.08. The highest BCUT2D eigenvalue weighted by Gasteiger charge is 2.20. The fourth-order valence-corrected chi connectivity index (χ4v) is 2.90. The maximum atomic E-state index is 12.0. The van der Waals surface area contributed by atoms with E-state index in [0.717, 1.165) is 0 Å². The lowest BCUT2D eigenvalue weighted by Crippen LogP contribution is -2.30. The maximum Gasteiger partial charge on any atom is 0.267 e. The molecule has 0 bridgehead atoms. The van der Waals surface area contributed by atoms with Crippen LogP contribution in [0.25, 0.3) is 22.9 Å². The van der Waals surface area contributed by atoms with Crippen molar-refractivity contribution in [3.05, 3.63) is 35.2 Å². The van der Waals surface area contributed by atoms with Gasteiger partial charge >= 0.3 is 0 Å². The Bertz CT molecular complexity index is 1040. The van der Waals surface area contributed by atoms with Gasteiger partial charge in [-0.3, -0.25) is 15.2 Å². The number of hydrogen-bond donors (Lipinski definition) is 2. The third-order valence-corrected chi connectivity index (χ3v) is 4.35. The lowest BCUT2D eigenvalue weighted by atomic mass is 10.1. The molecule has 3 N–H and O–H groups in total. The maximum absolute atomic E-state index is 12.0. The van der Waals surface area contributed by atoms with E-state index in [9.17, 15) is 4.79 Å². The van der Waals surface area contributed by atoms with E-state index >= 15 is 0 Å². The van der Waals surface area contributed by atoms with E-state index in [-0.39, 0.29) is 11.8 Å². The molecule has 3 aromatic rings. The zero-order chi connectivity index (χ0) is 21.1. The van der Waals surface area contributed by atoms with Crippen molar-refractivity contribution in [2.75, 3.05) is 21.3 Å². The minimum absolute atomic E-state index is 0.213. The minimum atomic E-state index is -0.458. The van der Waals surface area contributed by atoms with Crippen LogP contribution in [0.4, 0.5) is 0 Å². The van der Waals surface area contributed by atoms with E-state index in [1.54, 1.807) is 32.0 Å². The molecule has 0 unspecified atom stereocenters. The van der Waals surface area contributed by atoms with Gasteiger partial charge in [-0.05, 0) is 32.0 Å². The number of rotatable bonds is 6. The number of amides is 1. The normalized spacial score (nSPS) is 10.6. The van der Waals surface area contributed by atoms with Gasteiger partial charge in [-0.25, -0.2) is 5.84 Å². The van der Waals surface area contributed by atoms with Crippen molar-refractivity contribution in [3.8, 4) is 40.2 Å². The molecule has 2 aromatic heterocycles. The summed E-state index contributed by atoms with van der Waals surface area (Å²) in [5.74, 6) is 6.60. The van der Waals surface area contributed by atoms with E-state index in [4.69, 9.17) is 24.5 Å². The number of nitrogens with one attached hydrogen (secondary N) is 1. The highest BCUT2D eigenvalue weighted by molar-refractivity contribution is 5.95. The zero-order valence-electron chi connectivity index (χ0n) is 16.7. The lowest BCUT2D eigenvalue weighted by molar-refractivity contribution is 0.0952. The van der Waals surface area contributed by atoms with Crippen LogP contribution in [0.15, 0.2) is 22.6 Å². The molecule has 10 heteroatoms. The Morgan fingerprint density at radius 3 is 2.14 bits per heavy atom. The number of methoxy groups -OCH3 is 3. The number of aryl methyl sites for hydroxylation is 2. The summed E-state index contributed by atoms with van der Waals surface area (Å²) in [6.07, 6.45) is 0. The Kier molecular flexibility index (Phi) is 5.64. The number of nitrogen functional groups attached to an aromatic ring is 1. The predicted molar refractivity (Wildman–Crippen MR) is 104 cm³/mol. The number of carbonyl (C=O) groups is 1. The van der Waals surface area contributed by atoms with Gasteiger partial charge < -0.3 is 18.6 Å². The topological polar surface area (TPSA) is 135 Å². The van der Waals surface area contributed by atoms with Crippen molar-refractivity contribution in [2.45, 2.75) is 13.8 Å². The summed E-state index contributed by atoms with van der Waals surface area (Å²) < 4.78 is 21.9. The molecule has 0 aliphatic carbocycles. The number of nitrogens with zero attached hydrogens (tertiary/aromatic N) is 3. The van der Waals surface area contributed by atoms with Gasteiger partial charge in [0.05, 0.1) is 43.8 Å². The third kappa shape index (κ3) is 3.69. The quantitative estimate of drug-likeness (QED) is 0.363. The van der Waals surface area contributed by atoms with Gasteiger partial charge in [0.15, 0.2) is 11.5 Å². The number of nitrogens with two attached hydrogens (primary N) is 1. The van der Waals surface area contributed by atoms with Crippen molar-refractivity contribution < 1.29 is 23.4 Å². The van der Waals surface area contributed by atoms with E-state index in [1.807, 2.05) is 0 Å². The minimum Gasteiger partial charge on any atom is -0.493 e. The van der Waals surface area contributed by atoms with Gasteiger partial charge in [-0.15, -0.1) is 10.2 Å². The highest BCUT2D eigenvalue weighted by atomic mass is 16.5. The Morgan fingerprint density at radius 2 is 1.59 bits per heavy atom. The molecule has 1 aromatic carbocycles. The van der Waals surface area contributed by atoms with Gasteiger partial charge in [0.25, 0.3) is 5.91 Å². The molecule has 0 spiro atoms. The fraction of sp³-hybridized carbons (Fsp3) is 0.263. The van der Waals surface area contributed by atoms with Crippen molar-refractivity contribution in [1.29, 1.82) is 0 Å². The average Bonchev–Trinajstić information content (AvgIpc) is 3.22. The third-order valence-electron chi connectivity index (χ3n) is 4.35. The number of hydrogen-bond acceptors (Lipinski definition) is 9. The molecule has 0 aliphatic rings. The molecule has 152 valence electrons. The van der Waals surface area contributed by atoms with Crippen LogP contribution in [0, 0.1) is 13.8 Å². The van der Waals surface area contributed by atoms with Gasteiger partial charge in [-0.1, -0.05) is 0 Å². The van der Waals surface area contributed by atoms with Crippen LogP contribution in [0.2, 0.25) is 0 Å². The largest absolute Gasteiger partial charge is 0.493 e. The molecule has 0 aliphatic heterocycles. The molecule has 3 rings (SSSR count). The standard InChI is InChI=1S/C19H21N5O5/c1-9-12(17(25)22-20)8-13(10(2)21-9)19-24-23-18(29-19)11-6-14(26-3)16(28-5)15(7-11)27-4/h6-8H,20H2,1-5H3,(H,22,25). The monoisotopic (exact) mass is 399 g/mol. The average molecular weight is 399 g/mol. The first-order valence-electron chi connectivity index (χ1n) is 8.56. The summed E-state index contributed by atoms with van der Waals surface area (Å²) >= 11 is 0. The Morgan fingerprint density at radius 1 is 0.966 bits per heavy atom. The lowest BCUT2D eigenvalue weighted by Gasteiger charge is -2.12. The fourth-order valence-electron chi connectivity index (χ4n) is 2.90. The first kappa shape index (κ1) is 20.1. The first-order valence-corrected chi connectivity index (χ1v) is 8.56. The molecule has 10 nitrogen and oxygen atoms in total. The molecular formula is C19H21N5O5. The molecule has 0 atom stereocenters. The van der Waals surface area contributed by atoms with Crippen LogP contribution in [0.1, 0.15) is 21.7 Å². The zero-order valence-corrected chi connectivity index (χ0v) is 16.7. The van der Waals surface area contributed by atoms with Crippen LogP contribution in [-0.2, 0) is 0 Å². The number of benzene rings is 1. The van der Waals surface area contributed by atoms with Crippen LogP contribution in [0.5, 0.6) is 17.2 Å². The van der Waals surface area contributed by atoms with Gasteiger partial charge in [0.1, 0.15) is 0 Å². The Hall–Kier alpha value is -3.66.